The van der Waals surface area contributed by atoms with Crippen molar-refractivity contribution >= 4 is 23.6 Å². The summed E-state index contributed by atoms with van der Waals surface area (Å²) in [5.41, 5.74) is 1.10. The van der Waals surface area contributed by atoms with E-state index in [1.807, 2.05) is 11.0 Å². The number of hydrogen-bond acceptors (Lipinski definition) is 4. The van der Waals surface area contributed by atoms with Crippen LogP contribution in [0.3, 0.4) is 0 Å². The number of rotatable bonds is 2. The summed E-state index contributed by atoms with van der Waals surface area (Å²) in [6, 6.07) is 1.64. The summed E-state index contributed by atoms with van der Waals surface area (Å²) in [7, 11) is 0. The fourth-order valence-corrected chi connectivity index (χ4v) is 5.35. The largest absolute Gasteiger partial charge is 0.469 e. The van der Waals surface area contributed by atoms with Crippen molar-refractivity contribution in [2.45, 2.75) is 56.0 Å². The Kier molecular flexibility index (Phi) is 3.25. The highest BCUT2D eigenvalue weighted by atomic mass is 32.2. The number of furan rings is 1. The maximum absolute atomic E-state index is 12.7. The molecule has 3 unspecified atom stereocenters. The van der Waals surface area contributed by atoms with E-state index in [1.54, 1.807) is 18.0 Å². The van der Waals surface area contributed by atoms with Crippen molar-refractivity contribution < 1.29 is 14.0 Å². The number of thioether (sulfide) groups is 1. The summed E-state index contributed by atoms with van der Waals surface area (Å²) in [5, 5.41) is 3.15. The molecule has 2 aliphatic heterocycles. The standard InChI is InChI=1S/C16H20N2O3S/c1-16-7-5-14(19)18(16)12(9-22-16)15(20)17-11-3-2-4-13-10(11)6-8-21-13/h6,8,11-12H,2-5,7,9H2,1H3,(H,17,20). The molecule has 2 amide bonds. The van der Waals surface area contributed by atoms with Gasteiger partial charge in [0.1, 0.15) is 11.8 Å². The van der Waals surface area contributed by atoms with Crippen molar-refractivity contribution in [3.05, 3.63) is 23.7 Å². The van der Waals surface area contributed by atoms with Gasteiger partial charge in [0.25, 0.3) is 0 Å². The summed E-state index contributed by atoms with van der Waals surface area (Å²) in [6.07, 6.45) is 5.99. The number of aryl methyl sites for hydroxylation is 1. The number of nitrogens with zero attached hydrogens (tertiary/aromatic N) is 1. The minimum atomic E-state index is -0.331. The molecule has 118 valence electrons. The van der Waals surface area contributed by atoms with E-state index in [0.29, 0.717) is 12.2 Å². The molecule has 0 spiro atoms. The highest BCUT2D eigenvalue weighted by Gasteiger charge is 2.53. The van der Waals surface area contributed by atoms with Crippen LogP contribution in [0.15, 0.2) is 16.7 Å². The molecule has 0 radical (unpaired) electrons. The zero-order valence-electron chi connectivity index (χ0n) is 12.6. The predicted octanol–water partition coefficient (Wildman–Crippen LogP) is 2.23. The van der Waals surface area contributed by atoms with E-state index in [2.05, 4.69) is 12.2 Å². The van der Waals surface area contributed by atoms with Gasteiger partial charge in [-0.2, -0.15) is 0 Å². The van der Waals surface area contributed by atoms with Crippen LogP contribution in [0.2, 0.25) is 0 Å². The number of nitrogens with one attached hydrogen (secondary N) is 1. The Morgan fingerprint density at radius 2 is 2.36 bits per heavy atom. The Morgan fingerprint density at radius 3 is 3.23 bits per heavy atom. The van der Waals surface area contributed by atoms with Crippen molar-refractivity contribution in [1.82, 2.24) is 10.2 Å². The molecule has 1 aromatic rings. The third-order valence-corrected chi connectivity index (χ3v) is 6.62. The van der Waals surface area contributed by atoms with Gasteiger partial charge in [-0.05, 0) is 32.3 Å². The van der Waals surface area contributed by atoms with E-state index >= 15 is 0 Å². The van der Waals surface area contributed by atoms with Crippen molar-refractivity contribution in [1.29, 1.82) is 0 Å². The monoisotopic (exact) mass is 320 g/mol. The van der Waals surface area contributed by atoms with Crippen LogP contribution in [0.25, 0.3) is 0 Å². The molecule has 1 aliphatic carbocycles. The van der Waals surface area contributed by atoms with Crippen LogP contribution >= 0.6 is 11.8 Å². The summed E-state index contributed by atoms with van der Waals surface area (Å²) in [5.74, 6) is 1.77. The van der Waals surface area contributed by atoms with E-state index in [9.17, 15) is 9.59 Å². The van der Waals surface area contributed by atoms with Gasteiger partial charge < -0.3 is 14.6 Å². The minimum Gasteiger partial charge on any atom is -0.469 e. The van der Waals surface area contributed by atoms with Gasteiger partial charge >= 0.3 is 0 Å². The van der Waals surface area contributed by atoms with Gasteiger partial charge in [0.15, 0.2) is 0 Å². The Balaban J connectivity index is 1.51. The van der Waals surface area contributed by atoms with E-state index in [0.717, 1.165) is 37.0 Å². The normalized spacial score (nSPS) is 33.7. The molecule has 5 nitrogen and oxygen atoms in total. The fraction of sp³-hybridized carbons (Fsp3) is 0.625. The number of amides is 2. The molecular formula is C16H20N2O3S. The number of hydrogen-bond donors (Lipinski definition) is 1. The van der Waals surface area contributed by atoms with Crippen molar-refractivity contribution in [2.75, 3.05) is 5.75 Å². The predicted molar refractivity (Wildman–Crippen MR) is 83.3 cm³/mol. The van der Waals surface area contributed by atoms with Gasteiger partial charge in [0, 0.05) is 24.2 Å². The van der Waals surface area contributed by atoms with Crippen LogP contribution in [0.1, 0.15) is 50.0 Å². The summed E-state index contributed by atoms with van der Waals surface area (Å²) in [6.45, 7) is 2.07. The lowest BCUT2D eigenvalue weighted by Gasteiger charge is -2.31. The van der Waals surface area contributed by atoms with Crippen molar-refractivity contribution in [3.63, 3.8) is 0 Å². The van der Waals surface area contributed by atoms with Crippen LogP contribution in [-0.4, -0.2) is 33.4 Å². The van der Waals surface area contributed by atoms with Gasteiger partial charge in [-0.15, -0.1) is 11.8 Å². The highest BCUT2D eigenvalue weighted by Crippen LogP contribution is 2.47. The lowest BCUT2D eigenvalue weighted by atomic mass is 9.93. The van der Waals surface area contributed by atoms with Crippen LogP contribution in [0, 0.1) is 0 Å². The molecule has 3 heterocycles. The lowest BCUT2D eigenvalue weighted by molar-refractivity contribution is -0.138. The Hall–Kier alpha value is -1.43. The maximum atomic E-state index is 12.7. The molecule has 0 bridgehead atoms. The Labute approximate surface area is 133 Å². The van der Waals surface area contributed by atoms with E-state index in [1.165, 1.54) is 0 Å². The Morgan fingerprint density at radius 1 is 1.50 bits per heavy atom. The molecule has 0 saturated carbocycles. The van der Waals surface area contributed by atoms with Crippen LogP contribution in [-0.2, 0) is 16.0 Å². The molecule has 1 N–H and O–H groups in total. The van der Waals surface area contributed by atoms with E-state index in [-0.39, 0.29) is 28.8 Å². The van der Waals surface area contributed by atoms with Crippen LogP contribution < -0.4 is 5.32 Å². The summed E-state index contributed by atoms with van der Waals surface area (Å²) < 4.78 is 5.48. The molecule has 6 heteroatoms. The second kappa shape index (κ2) is 5.05. The molecule has 2 fully saturated rings. The van der Waals surface area contributed by atoms with Gasteiger partial charge in [-0.25, -0.2) is 0 Å². The first-order valence-electron chi connectivity index (χ1n) is 7.91. The zero-order chi connectivity index (χ0) is 15.3. The molecule has 1 aromatic heterocycles. The van der Waals surface area contributed by atoms with Gasteiger partial charge in [0.05, 0.1) is 17.2 Å². The fourth-order valence-electron chi connectivity index (χ4n) is 3.92. The van der Waals surface area contributed by atoms with E-state index < -0.39 is 0 Å². The van der Waals surface area contributed by atoms with Crippen LogP contribution in [0.4, 0.5) is 0 Å². The van der Waals surface area contributed by atoms with Crippen molar-refractivity contribution in [3.8, 4) is 0 Å². The zero-order valence-corrected chi connectivity index (χ0v) is 13.4. The second-order valence-corrected chi connectivity index (χ2v) is 8.02. The first-order valence-corrected chi connectivity index (χ1v) is 8.90. The summed E-state index contributed by atoms with van der Waals surface area (Å²) >= 11 is 1.73. The van der Waals surface area contributed by atoms with Crippen molar-refractivity contribution in [2.24, 2.45) is 0 Å². The average molecular weight is 320 g/mol. The van der Waals surface area contributed by atoms with E-state index in [4.69, 9.17) is 4.42 Å². The molecular weight excluding hydrogens is 300 g/mol. The number of carbonyl (C=O) groups excluding carboxylic acids is 2. The minimum absolute atomic E-state index is 0.0181. The number of fused-ring (bicyclic) bond motifs is 2. The van der Waals surface area contributed by atoms with Crippen LogP contribution in [0.5, 0.6) is 0 Å². The van der Waals surface area contributed by atoms with Gasteiger partial charge in [0.2, 0.25) is 11.8 Å². The smallest absolute Gasteiger partial charge is 0.244 e. The average Bonchev–Trinajstić information content (AvgIpc) is 3.16. The van der Waals surface area contributed by atoms with Gasteiger partial charge in [-0.1, -0.05) is 0 Å². The first-order chi connectivity index (χ1) is 10.6. The molecule has 3 atom stereocenters. The quantitative estimate of drug-likeness (QED) is 0.907. The first kappa shape index (κ1) is 14.2. The molecule has 4 rings (SSSR count). The Bertz CT molecular complexity index is 629. The third-order valence-electron chi connectivity index (χ3n) is 5.12. The highest BCUT2D eigenvalue weighted by molar-refractivity contribution is 8.01. The molecule has 0 aromatic carbocycles. The van der Waals surface area contributed by atoms with Gasteiger partial charge in [-0.3, -0.25) is 9.59 Å². The number of carbonyl (C=O) groups is 2. The lowest BCUT2D eigenvalue weighted by Crippen LogP contribution is -2.50. The second-order valence-electron chi connectivity index (χ2n) is 6.52. The molecule has 3 aliphatic rings. The molecule has 22 heavy (non-hydrogen) atoms. The SMILES string of the molecule is CC12CCC(=O)N1C(C(=O)NC1CCCc3occc31)CS2. The maximum Gasteiger partial charge on any atom is 0.244 e. The molecule has 2 saturated heterocycles. The summed E-state index contributed by atoms with van der Waals surface area (Å²) in [4.78, 5) is 26.5. The topological polar surface area (TPSA) is 62.6 Å². The third kappa shape index (κ3) is 2.07.